The van der Waals surface area contributed by atoms with Crippen LogP contribution in [-0.2, 0) is 6.61 Å². The van der Waals surface area contributed by atoms with Gasteiger partial charge in [0, 0.05) is 3.57 Å². The summed E-state index contributed by atoms with van der Waals surface area (Å²) >= 11 is 2.22. The maximum Gasteiger partial charge on any atom is 0.259 e. The first-order valence-electron chi connectivity index (χ1n) is 7.02. The molecule has 0 spiro atoms. The lowest BCUT2D eigenvalue weighted by molar-refractivity contribution is 0.284. The summed E-state index contributed by atoms with van der Waals surface area (Å²) in [7, 11) is 1.61. The van der Waals surface area contributed by atoms with Crippen molar-refractivity contribution in [1.82, 2.24) is 10.1 Å². The van der Waals surface area contributed by atoms with Crippen molar-refractivity contribution < 1.29 is 14.0 Å². The van der Waals surface area contributed by atoms with Crippen LogP contribution in [0.3, 0.4) is 0 Å². The highest BCUT2D eigenvalue weighted by molar-refractivity contribution is 14.1. The number of hydrogen-bond donors (Lipinski definition) is 0. The molecule has 0 radical (unpaired) electrons. The molecule has 0 saturated heterocycles. The van der Waals surface area contributed by atoms with Gasteiger partial charge in [-0.15, -0.1) is 0 Å². The molecule has 5 nitrogen and oxygen atoms in total. The fourth-order valence-electron chi connectivity index (χ4n) is 2.11. The molecule has 23 heavy (non-hydrogen) atoms. The van der Waals surface area contributed by atoms with Crippen molar-refractivity contribution in [3.8, 4) is 23.0 Å². The van der Waals surface area contributed by atoms with Crippen LogP contribution in [0.4, 0.5) is 0 Å². The minimum Gasteiger partial charge on any atom is -0.493 e. The average Bonchev–Trinajstić information content (AvgIpc) is 3.00. The summed E-state index contributed by atoms with van der Waals surface area (Å²) in [6.07, 6.45) is 0. The largest absolute Gasteiger partial charge is 0.493 e. The first-order valence-corrected chi connectivity index (χ1v) is 8.10. The third kappa shape index (κ3) is 3.64. The van der Waals surface area contributed by atoms with Crippen LogP contribution < -0.4 is 9.47 Å². The first kappa shape index (κ1) is 15.8. The number of hydrogen-bond acceptors (Lipinski definition) is 5. The molecule has 118 valence electrons. The van der Waals surface area contributed by atoms with Gasteiger partial charge in [-0.25, -0.2) is 0 Å². The van der Waals surface area contributed by atoms with E-state index in [2.05, 4.69) is 32.7 Å². The fourth-order valence-corrected chi connectivity index (χ4v) is 2.78. The monoisotopic (exact) mass is 422 g/mol. The summed E-state index contributed by atoms with van der Waals surface area (Å²) < 4.78 is 17.5. The molecule has 0 atom stereocenters. The summed E-state index contributed by atoms with van der Waals surface area (Å²) in [4.78, 5) is 4.26. The lowest BCUT2D eigenvalue weighted by Crippen LogP contribution is -1.99. The number of nitrogens with zero attached hydrogens (tertiary/aromatic N) is 2. The van der Waals surface area contributed by atoms with Gasteiger partial charge in [0.05, 0.1) is 12.7 Å². The highest BCUT2D eigenvalue weighted by Gasteiger charge is 2.16. The Kier molecular flexibility index (Phi) is 4.80. The topological polar surface area (TPSA) is 57.4 Å². The van der Waals surface area contributed by atoms with Crippen LogP contribution in [0.15, 0.2) is 47.0 Å². The van der Waals surface area contributed by atoms with Gasteiger partial charge in [-0.05, 0) is 47.2 Å². The Balaban J connectivity index is 1.88. The molecule has 0 aliphatic carbocycles. The number of aryl methyl sites for hydroxylation is 1. The van der Waals surface area contributed by atoms with E-state index in [1.807, 2.05) is 42.5 Å². The Morgan fingerprint density at radius 3 is 2.57 bits per heavy atom. The molecule has 0 amide bonds. The molecule has 2 aromatic carbocycles. The van der Waals surface area contributed by atoms with Crippen LogP contribution in [0.5, 0.6) is 11.5 Å². The van der Waals surface area contributed by atoms with Gasteiger partial charge in [0.15, 0.2) is 17.3 Å². The second-order valence-electron chi connectivity index (χ2n) is 4.90. The SMILES string of the molecule is COc1cc(-c2nc(C)no2)c(I)cc1OCc1ccccc1. The molecular weight excluding hydrogens is 407 g/mol. The van der Waals surface area contributed by atoms with E-state index in [4.69, 9.17) is 14.0 Å². The second-order valence-corrected chi connectivity index (χ2v) is 6.07. The smallest absolute Gasteiger partial charge is 0.259 e. The zero-order valence-corrected chi connectivity index (χ0v) is 14.9. The van der Waals surface area contributed by atoms with Gasteiger partial charge in [-0.1, -0.05) is 35.5 Å². The molecule has 3 aromatic rings. The van der Waals surface area contributed by atoms with Crippen LogP contribution in [0.1, 0.15) is 11.4 Å². The average molecular weight is 422 g/mol. The zero-order chi connectivity index (χ0) is 16.2. The molecule has 1 aromatic heterocycles. The van der Waals surface area contributed by atoms with Crippen molar-refractivity contribution in [1.29, 1.82) is 0 Å². The quantitative estimate of drug-likeness (QED) is 0.576. The zero-order valence-electron chi connectivity index (χ0n) is 12.7. The highest BCUT2D eigenvalue weighted by Crippen LogP contribution is 2.36. The highest BCUT2D eigenvalue weighted by atomic mass is 127. The van der Waals surface area contributed by atoms with Gasteiger partial charge < -0.3 is 14.0 Å². The van der Waals surface area contributed by atoms with Crippen LogP contribution in [-0.4, -0.2) is 17.3 Å². The molecule has 0 fully saturated rings. The molecule has 0 N–H and O–H groups in total. The Labute approximate surface area is 147 Å². The summed E-state index contributed by atoms with van der Waals surface area (Å²) in [5.41, 5.74) is 1.93. The van der Waals surface area contributed by atoms with E-state index >= 15 is 0 Å². The lowest BCUT2D eigenvalue weighted by atomic mass is 10.2. The van der Waals surface area contributed by atoms with E-state index < -0.39 is 0 Å². The van der Waals surface area contributed by atoms with Gasteiger partial charge in [-0.2, -0.15) is 4.98 Å². The van der Waals surface area contributed by atoms with Crippen molar-refractivity contribution in [2.24, 2.45) is 0 Å². The van der Waals surface area contributed by atoms with Crippen LogP contribution in [0.2, 0.25) is 0 Å². The van der Waals surface area contributed by atoms with Gasteiger partial charge in [0.1, 0.15) is 6.61 Å². The third-order valence-electron chi connectivity index (χ3n) is 3.25. The van der Waals surface area contributed by atoms with E-state index in [1.54, 1.807) is 14.0 Å². The van der Waals surface area contributed by atoms with Crippen LogP contribution in [0, 0.1) is 10.5 Å². The maximum atomic E-state index is 5.89. The van der Waals surface area contributed by atoms with Gasteiger partial charge in [0.2, 0.25) is 0 Å². The molecule has 6 heteroatoms. The molecule has 0 unspecified atom stereocenters. The van der Waals surface area contributed by atoms with Crippen molar-refractivity contribution in [3.05, 3.63) is 57.4 Å². The number of methoxy groups -OCH3 is 1. The molecule has 0 saturated carbocycles. The van der Waals surface area contributed by atoms with Crippen molar-refractivity contribution in [2.45, 2.75) is 13.5 Å². The Morgan fingerprint density at radius 2 is 1.91 bits per heavy atom. The number of ether oxygens (including phenoxy) is 2. The first-order chi connectivity index (χ1) is 11.2. The van der Waals surface area contributed by atoms with Crippen molar-refractivity contribution in [3.63, 3.8) is 0 Å². The minimum atomic E-state index is 0.472. The van der Waals surface area contributed by atoms with Gasteiger partial charge >= 0.3 is 0 Å². The molecule has 0 aliphatic rings. The molecule has 3 rings (SSSR count). The van der Waals surface area contributed by atoms with E-state index in [-0.39, 0.29) is 0 Å². The minimum absolute atomic E-state index is 0.472. The van der Waals surface area contributed by atoms with E-state index in [0.29, 0.717) is 29.8 Å². The Morgan fingerprint density at radius 1 is 1.13 bits per heavy atom. The second kappa shape index (κ2) is 6.99. The summed E-state index contributed by atoms with van der Waals surface area (Å²) in [6, 6.07) is 13.8. The maximum absolute atomic E-state index is 5.89. The van der Waals surface area contributed by atoms with Gasteiger partial charge in [0.25, 0.3) is 5.89 Å². The summed E-state index contributed by atoms with van der Waals surface area (Å²) in [6.45, 7) is 2.26. The van der Waals surface area contributed by atoms with Crippen LogP contribution in [0.25, 0.3) is 11.5 Å². The molecular formula is C17H15IN2O3. The van der Waals surface area contributed by atoms with E-state index in [0.717, 1.165) is 14.7 Å². The summed E-state index contributed by atoms with van der Waals surface area (Å²) in [5.74, 6) is 2.38. The normalized spacial score (nSPS) is 10.6. The standard InChI is InChI=1S/C17H15IN2O3/c1-11-19-17(23-20-11)13-8-15(21-2)16(9-14(13)18)22-10-12-6-4-3-5-7-12/h3-9H,10H2,1-2H3. The van der Waals surface area contributed by atoms with E-state index in [9.17, 15) is 0 Å². The Hall–Kier alpha value is -2.09. The van der Waals surface area contributed by atoms with Crippen molar-refractivity contribution >= 4 is 22.6 Å². The predicted octanol–water partition coefficient (Wildman–Crippen LogP) is 4.24. The molecule has 1 heterocycles. The van der Waals surface area contributed by atoms with Crippen molar-refractivity contribution in [2.75, 3.05) is 7.11 Å². The number of halogens is 1. The summed E-state index contributed by atoms with van der Waals surface area (Å²) in [5, 5.41) is 3.83. The predicted molar refractivity (Wildman–Crippen MR) is 94.5 cm³/mol. The number of benzene rings is 2. The molecule has 0 aliphatic heterocycles. The number of aromatic nitrogens is 2. The fraction of sp³-hybridized carbons (Fsp3) is 0.176. The van der Waals surface area contributed by atoms with Crippen LogP contribution >= 0.6 is 22.6 Å². The Bertz CT molecular complexity index is 803. The van der Waals surface area contributed by atoms with Gasteiger partial charge in [-0.3, -0.25) is 0 Å². The number of rotatable bonds is 5. The molecule has 0 bridgehead atoms. The lowest BCUT2D eigenvalue weighted by Gasteiger charge is -2.13. The van der Waals surface area contributed by atoms with E-state index in [1.165, 1.54) is 0 Å². The third-order valence-corrected chi connectivity index (χ3v) is 4.14.